The van der Waals surface area contributed by atoms with Crippen LogP contribution in [0.4, 0.5) is 16.2 Å². The molecule has 0 radical (unpaired) electrons. The van der Waals surface area contributed by atoms with E-state index in [0.29, 0.717) is 64.2 Å². The fourth-order valence-electron chi connectivity index (χ4n) is 4.08. The highest BCUT2D eigenvalue weighted by Gasteiger charge is 2.29. The van der Waals surface area contributed by atoms with Crippen LogP contribution in [0.2, 0.25) is 5.02 Å². The van der Waals surface area contributed by atoms with E-state index in [2.05, 4.69) is 20.6 Å². The molecular formula is C27H32ClN5O5. The molecule has 0 bridgehead atoms. The predicted octanol–water partition coefficient (Wildman–Crippen LogP) is 5.01. The van der Waals surface area contributed by atoms with Crippen LogP contribution in [0.1, 0.15) is 36.8 Å². The quantitative estimate of drug-likeness (QED) is 0.366. The maximum atomic E-state index is 12.9. The summed E-state index contributed by atoms with van der Waals surface area (Å²) in [5.74, 6) is 0.764. The maximum absolute atomic E-state index is 12.9. The summed E-state index contributed by atoms with van der Waals surface area (Å²) < 4.78 is 17.0. The SMILES string of the molecule is COc1c(Cl)cccc1Nc1c(-c2ccncc2OCCN(C)C(=O)OC(C)(C)C)[nH]c2c1C(=O)NCC2. The van der Waals surface area contributed by atoms with Gasteiger partial charge in [-0.25, -0.2) is 4.79 Å². The number of nitrogens with one attached hydrogen (secondary N) is 3. The molecule has 0 aliphatic carbocycles. The summed E-state index contributed by atoms with van der Waals surface area (Å²) in [5.41, 5.74) is 3.27. The molecule has 2 aromatic heterocycles. The topological polar surface area (TPSA) is 118 Å². The van der Waals surface area contributed by atoms with E-state index in [0.717, 1.165) is 5.69 Å². The Labute approximate surface area is 226 Å². The van der Waals surface area contributed by atoms with Crippen LogP contribution >= 0.6 is 11.6 Å². The highest BCUT2D eigenvalue weighted by molar-refractivity contribution is 6.32. The van der Waals surface area contributed by atoms with Crippen LogP contribution in [0.3, 0.4) is 0 Å². The number of pyridine rings is 1. The van der Waals surface area contributed by atoms with Crippen molar-refractivity contribution in [1.29, 1.82) is 0 Å². The van der Waals surface area contributed by atoms with Crippen molar-refractivity contribution in [3.05, 3.63) is 52.9 Å². The highest BCUT2D eigenvalue weighted by Crippen LogP contribution is 2.42. The number of hydrogen-bond donors (Lipinski definition) is 3. The Kier molecular flexibility index (Phi) is 8.01. The minimum atomic E-state index is -0.587. The number of halogens is 1. The molecule has 11 heteroatoms. The number of benzene rings is 1. The Balaban J connectivity index is 1.65. The monoisotopic (exact) mass is 541 g/mol. The number of rotatable bonds is 8. The van der Waals surface area contributed by atoms with Crippen LogP contribution in [0.15, 0.2) is 36.7 Å². The Bertz CT molecular complexity index is 1330. The van der Waals surface area contributed by atoms with Gasteiger partial charge in [0.15, 0.2) is 5.75 Å². The third-order valence-electron chi connectivity index (χ3n) is 5.84. The zero-order valence-corrected chi connectivity index (χ0v) is 22.9. The number of hydrogen-bond acceptors (Lipinski definition) is 7. The Morgan fingerprint density at radius 3 is 2.79 bits per heavy atom. The summed E-state index contributed by atoms with van der Waals surface area (Å²) >= 11 is 6.35. The standard InChI is InChI=1S/C27H32ClN5O5/c1-27(2,3)38-26(35)33(4)13-14-37-20-15-29-11-9-16(20)22-23(21-18(31-22)10-12-30-25(21)34)32-19-8-6-7-17(28)24(19)36-5/h6-9,11,15,31-32H,10,12-14H2,1-5H3,(H,30,34). The van der Waals surface area contributed by atoms with E-state index >= 15 is 0 Å². The summed E-state index contributed by atoms with van der Waals surface area (Å²) in [6.45, 7) is 6.49. The molecule has 3 N–H and O–H groups in total. The number of anilines is 2. The van der Waals surface area contributed by atoms with Crippen molar-refractivity contribution in [3.8, 4) is 22.8 Å². The maximum Gasteiger partial charge on any atom is 0.410 e. The second-order valence-electron chi connectivity index (χ2n) is 9.80. The van der Waals surface area contributed by atoms with E-state index < -0.39 is 11.7 Å². The first-order valence-electron chi connectivity index (χ1n) is 12.2. The van der Waals surface area contributed by atoms with Gasteiger partial charge in [-0.15, -0.1) is 0 Å². The number of H-pyrrole nitrogens is 1. The average molecular weight is 542 g/mol. The smallest absolute Gasteiger partial charge is 0.410 e. The molecule has 3 aromatic rings. The summed E-state index contributed by atoms with van der Waals surface area (Å²) in [7, 11) is 3.19. The van der Waals surface area contributed by atoms with Gasteiger partial charge in [-0.05, 0) is 39.0 Å². The van der Waals surface area contributed by atoms with Gasteiger partial charge in [-0.3, -0.25) is 9.78 Å². The van der Waals surface area contributed by atoms with E-state index in [1.165, 1.54) is 12.0 Å². The Morgan fingerprint density at radius 1 is 1.26 bits per heavy atom. The third kappa shape index (κ3) is 5.96. The second-order valence-corrected chi connectivity index (χ2v) is 10.2. The zero-order chi connectivity index (χ0) is 27.4. The molecule has 2 amide bonds. The summed E-state index contributed by atoms with van der Waals surface area (Å²) in [6, 6.07) is 7.16. The van der Waals surface area contributed by atoms with Gasteiger partial charge in [0.1, 0.15) is 18.0 Å². The van der Waals surface area contributed by atoms with Crippen LogP contribution in [-0.4, -0.2) is 66.3 Å². The van der Waals surface area contributed by atoms with Crippen molar-refractivity contribution in [3.63, 3.8) is 0 Å². The van der Waals surface area contributed by atoms with Gasteiger partial charge >= 0.3 is 6.09 Å². The first kappa shape index (κ1) is 27.1. The molecule has 1 aromatic carbocycles. The van der Waals surface area contributed by atoms with Crippen molar-refractivity contribution in [1.82, 2.24) is 20.2 Å². The predicted molar refractivity (Wildman–Crippen MR) is 146 cm³/mol. The van der Waals surface area contributed by atoms with E-state index in [1.807, 2.05) is 32.9 Å². The molecule has 1 aliphatic heterocycles. The lowest BCUT2D eigenvalue weighted by Crippen LogP contribution is -2.36. The molecule has 4 rings (SSSR count). The van der Waals surface area contributed by atoms with Gasteiger partial charge in [-0.1, -0.05) is 17.7 Å². The molecule has 202 valence electrons. The van der Waals surface area contributed by atoms with Crippen molar-refractivity contribution < 1.29 is 23.8 Å². The largest absolute Gasteiger partial charge is 0.493 e. The number of nitrogens with zero attached hydrogens (tertiary/aromatic N) is 2. The van der Waals surface area contributed by atoms with E-state index in [4.69, 9.17) is 25.8 Å². The van der Waals surface area contributed by atoms with Gasteiger partial charge in [0, 0.05) is 37.5 Å². The molecule has 3 heterocycles. The summed E-state index contributed by atoms with van der Waals surface area (Å²) in [6.07, 6.45) is 3.47. The Morgan fingerprint density at radius 2 is 2.05 bits per heavy atom. The zero-order valence-electron chi connectivity index (χ0n) is 22.1. The molecule has 1 aliphatic rings. The highest BCUT2D eigenvalue weighted by atomic mass is 35.5. The fourth-order valence-corrected chi connectivity index (χ4v) is 4.33. The van der Waals surface area contributed by atoms with Crippen LogP contribution in [-0.2, 0) is 11.2 Å². The number of carbonyl (C=O) groups excluding carboxylic acids is 2. The van der Waals surface area contributed by atoms with Crippen LogP contribution in [0.25, 0.3) is 11.3 Å². The van der Waals surface area contributed by atoms with Crippen molar-refractivity contribution in [2.24, 2.45) is 0 Å². The molecule has 0 spiro atoms. The van der Waals surface area contributed by atoms with Gasteiger partial charge in [-0.2, -0.15) is 0 Å². The fraction of sp³-hybridized carbons (Fsp3) is 0.370. The molecule has 0 saturated carbocycles. The lowest BCUT2D eigenvalue weighted by Gasteiger charge is -2.24. The van der Waals surface area contributed by atoms with Crippen LogP contribution in [0, 0.1) is 0 Å². The molecule has 0 atom stereocenters. The van der Waals surface area contributed by atoms with Crippen LogP contribution < -0.4 is 20.1 Å². The van der Waals surface area contributed by atoms with E-state index in [-0.39, 0.29) is 12.5 Å². The average Bonchev–Trinajstić information content (AvgIpc) is 3.22. The van der Waals surface area contributed by atoms with Gasteiger partial charge in [0.05, 0.1) is 47.5 Å². The molecule has 0 fully saturated rings. The van der Waals surface area contributed by atoms with Crippen molar-refractivity contribution in [2.45, 2.75) is 32.8 Å². The number of fused-ring (bicyclic) bond motifs is 1. The minimum Gasteiger partial charge on any atom is -0.493 e. The number of amides is 2. The first-order valence-corrected chi connectivity index (χ1v) is 12.6. The van der Waals surface area contributed by atoms with E-state index in [9.17, 15) is 9.59 Å². The molecule has 38 heavy (non-hydrogen) atoms. The molecule has 0 saturated heterocycles. The lowest BCUT2D eigenvalue weighted by molar-refractivity contribution is 0.0278. The number of ether oxygens (including phenoxy) is 3. The number of carbonyl (C=O) groups is 2. The Hall–Kier alpha value is -3.92. The normalized spacial score (nSPS) is 12.8. The van der Waals surface area contributed by atoms with Crippen LogP contribution in [0.5, 0.6) is 11.5 Å². The number of methoxy groups -OCH3 is 1. The minimum absolute atomic E-state index is 0.187. The first-order chi connectivity index (χ1) is 18.1. The second kappa shape index (κ2) is 11.2. The summed E-state index contributed by atoms with van der Waals surface area (Å²) in [5, 5.41) is 6.71. The van der Waals surface area contributed by atoms with Gasteiger partial charge in [0.2, 0.25) is 0 Å². The van der Waals surface area contributed by atoms with Crippen molar-refractivity contribution in [2.75, 3.05) is 39.2 Å². The van der Waals surface area contributed by atoms with Gasteiger partial charge < -0.3 is 34.7 Å². The van der Waals surface area contributed by atoms with E-state index in [1.54, 1.807) is 31.6 Å². The third-order valence-corrected chi connectivity index (χ3v) is 6.14. The molecule has 0 unspecified atom stereocenters. The summed E-state index contributed by atoms with van der Waals surface area (Å²) in [4.78, 5) is 34.3. The van der Waals surface area contributed by atoms with Gasteiger partial charge in [0.25, 0.3) is 5.91 Å². The number of likely N-dealkylation sites (N-methyl/N-ethyl adjacent to an activating group) is 1. The molecule has 10 nitrogen and oxygen atoms in total. The molecular weight excluding hydrogens is 510 g/mol. The lowest BCUT2D eigenvalue weighted by atomic mass is 10.0. The number of aromatic amines is 1. The number of aromatic nitrogens is 2. The number of para-hydroxylation sites is 1. The van der Waals surface area contributed by atoms with Crippen molar-refractivity contribution >= 4 is 35.0 Å².